The number of nitrogens with zero attached hydrogens (tertiary/aromatic N) is 1. The molecule has 1 rings (SSSR count). The van der Waals surface area contributed by atoms with Crippen LogP contribution in [0, 0.1) is 0 Å². The van der Waals surface area contributed by atoms with E-state index < -0.39 is 0 Å². The minimum atomic E-state index is -0.364. The second-order valence-corrected chi connectivity index (χ2v) is 3.98. The first-order valence-electron chi connectivity index (χ1n) is 6.25. The molecule has 1 aromatic rings. The Labute approximate surface area is 113 Å². The smallest absolute Gasteiger partial charge is 0.409 e. The molecule has 0 saturated carbocycles. The summed E-state index contributed by atoms with van der Waals surface area (Å²) in [4.78, 5) is 24.3. The molecule has 0 bridgehead atoms. The molecule has 0 aliphatic rings. The van der Waals surface area contributed by atoms with Crippen LogP contribution >= 0.6 is 0 Å². The molecule has 0 N–H and O–H groups in total. The van der Waals surface area contributed by atoms with Crippen LogP contribution in [0.4, 0.5) is 4.79 Å². The van der Waals surface area contributed by atoms with Gasteiger partial charge in [-0.25, -0.2) is 9.59 Å². The highest BCUT2D eigenvalue weighted by Crippen LogP contribution is 2.02. The molecule has 5 heteroatoms. The Morgan fingerprint density at radius 3 is 2.47 bits per heavy atom. The fraction of sp³-hybridized carbons (Fsp3) is 0.429. The first-order chi connectivity index (χ1) is 9.15. The summed E-state index contributed by atoms with van der Waals surface area (Å²) < 4.78 is 9.93. The Bertz CT molecular complexity index is 405. The van der Waals surface area contributed by atoms with Crippen molar-refractivity contribution in [1.82, 2.24) is 4.90 Å². The largest absolute Gasteiger partial charge is 0.462 e. The lowest BCUT2D eigenvalue weighted by Gasteiger charge is -2.16. The highest BCUT2D eigenvalue weighted by molar-refractivity contribution is 5.89. The summed E-state index contributed by atoms with van der Waals surface area (Å²) >= 11 is 0. The lowest BCUT2D eigenvalue weighted by Crippen LogP contribution is -2.29. The van der Waals surface area contributed by atoms with Gasteiger partial charge in [-0.15, -0.1) is 0 Å². The summed E-state index contributed by atoms with van der Waals surface area (Å²) in [6.45, 7) is 2.87. The van der Waals surface area contributed by atoms with Crippen molar-refractivity contribution in [3.05, 3.63) is 35.9 Å². The lowest BCUT2D eigenvalue weighted by molar-refractivity contribution is 0.0489. The molecule has 1 amide bonds. The third kappa shape index (κ3) is 5.42. The highest BCUT2D eigenvalue weighted by atomic mass is 16.6. The average molecular weight is 265 g/mol. The van der Waals surface area contributed by atoms with Crippen molar-refractivity contribution in [2.45, 2.75) is 13.3 Å². The Morgan fingerprint density at radius 2 is 1.84 bits per heavy atom. The molecular formula is C14H19NO4. The van der Waals surface area contributed by atoms with Crippen LogP contribution < -0.4 is 0 Å². The number of carbonyl (C=O) groups is 2. The van der Waals surface area contributed by atoms with Gasteiger partial charge in [-0.2, -0.15) is 0 Å². The van der Waals surface area contributed by atoms with E-state index in [9.17, 15) is 9.59 Å². The van der Waals surface area contributed by atoms with Crippen molar-refractivity contribution in [2.75, 3.05) is 26.8 Å². The van der Waals surface area contributed by atoms with Gasteiger partial charge < -0.3 is 14.4 Å². The van der Waals surface area contributed by atoms with Crippen molar-refractivity contribution >= 4 is 12.1 Å². The summed E-state index contributed by atoms with van der Waals surface area (Å²) in [5.41, 5.74) is 0.529. The number of hydrogen-bond acceptors (Lipinski definition) is 4. The molecule has 0 fully saturated rings. The topological polar surface area (TPSA) is 55.8 Å². The van der Waals surface area contributed by atoms with Crippen LogP contribution in [0.15, 0.2) is 30.3 Å². The van der Waals surface area contributed by atoms with E-state index in [2.05, 4.69) is 0 Å². The molecule has 0 heterocycles. The SMILES string of the molecule is CCOC(=O)N(C)CCCOC(=O)c1ccccc1. The molecule has 5 nitrogen and oxygen atoms in total. The van der Waals surface area contributed by atoms with Crippen LogP contribution in [0.1, 0.15) is 23.7 Å². The molecule has 0 spiro atoms. The van der Waals surface area contributed by atoms with Crippen LogP contribution in [-0.2, 0) is 9.47 Å². The van der Waals surface area contributed by atoms with Gasteiger partial charge in [0.25, 0.3) is 0 Å². The van der Waals surface area contributed by atoms with E-state index in [1.54, 1.807) is 38.2 Å². The highest BCUT2D eigenvalue weighted by Gasteiger charge is 2.09. The van der Waals surface area contributed by atoms with E-state index >= 15 is 0 Å². The number of rotatable bonds is 6. The van der Waals surface area contributed by atoms with E-state index in [-0.39, 0.29) is 18.7 Å². The Kier molecular flexibility index (Phi) is 6.43. The molecule has 0 saturated heterocycles. The summed E-state index contributed by atoms with van der Waals surface area (Å²) in [6.07, 6.45) is 0.213. The fourth-order valence-electron chi connectivity index (χ4n) is 1.45. The summed E-state index contributed by atoms with van der Waals surface area (Å²) in [6, 6.07) is 8.81. The van der Waals surface area contributed by atoms with Crippen molar-refractivity contribution in [1.29, 1.82) is 0 Å². The average Bonchev–Trinajstić information content (AvgIpc) is 2.44. The molecule has 0 atom stereocenters. The standard InChI is InChI=1S/C14H19NO4/c1-3-18-14(17)15(2)10-7-11-19-13(16)12-8-5-4-6-9-12/h4-6,8-9H,3,7,10-11H2,1-2H3. The molecular weight excluding hydrogens is 246 g/mol. The maximum absolute atomic E-state index is 11.6. The summed E-state index contributed by atoms with van der Waals surface area (Å²) in [7, 11) is 1.65. The predicted octanol–water partition coefficient (Wildman–Crippen LogP) is 2.32. The zero-order valence-corrected chi connectivity index (χ0v) is 11.3. The van der Waals surface area contributed by atoms with Gasteiger partial charge in [-0.1, -0.05) is 18.2 Å². The van der Waals surface area contributed by atoms with E-state index in [4.69, 9.17) is 9.47 Å². The van der Waals surface area contributed by atoms with Crippen molar-refractivity contribution in [2.24, 2.45) is 0 Å². The number of esters is 1. The van der Waals surface area contributed by atoms with Crippen LogP contribution in [0.2, 0.25) is 0 Å². The van der Waals surface area contributed by atoms with E-state index in [1.165, 1.54) is 4.90 Å². The minimum absolute atomic E-state index is 0.275. The molecule has 0 radical (unpaired) electrons. The zero-order valence-electron chi connectivity index (χ0n) is 11.3. The molecule has 0 unspecified atom stereocenters. The van der Waals surface area contributed by atoms with Gasteiger partial charge >= 0.3 is 12.1 Å². The number of carbonyl (C=O) groups excluding carboxylic acids is 2. The second kappa shape index (κ2) is 8.13. The van der Waals surface area contributed by atoms with Crippen LogP contribution in [0.25, 0.3) is 0 Å². The predicted molar refractivity (Wildman–Crippen MR) is 71.0 cm³/mol. The maximum Gasteiger partial charge on any atom is 0.409 e. The summed E-state index contributed by atoms with van der Waals surface area (Å²) in [5.74, 6) is -0.348. The number of benzene rings is 1. The fourth-order valence-corrected chi connectivity index (χ4v) is 1.45. The minimum Gasteiger partial charge on any atom is -0.462 e. The molecule has 0 aliphatic carbocycles. The van der Waals surface area contributed by atoms with E-state index in [0.29, 0.717) is 25.1 Å². The zero-order chi connectivity index (χ0) is 14.1. The molecule has 19 heavy (non-hydrogen) atoms. The molecule has 104 valence electrons. The van der Waals surface area contributed by atoms with Gasteiger partial charge in [-0.3, -0.25) is 0 Å². The molecule has 1 aromatic carbocycles. The maximum atomic E-state index is 11.6. The van der Waals surface area contributed by atoms with Crippen molar-refractivity contribution in [3.63, 3.8) is 0 Å². The first-order valence-corrected chi connectivity index (χ1v) is 6.25. The molecule has 0 aliphatic heterocycles. The number of amides is 1. The van der Waals surface area contributed by atoms with Gasteiger partial charge in [0.1, 0.15) is 0 Å². The monoisotopic (exact) mass is 265 g/mol. The molecule has 0 aromatic heterocycles. The van der Waals surface area contributed by atoms with Crippen molar-refractivity contribution in [3.8, 4) is 0 Å². The van der Waals surface area contributed by atoms with Gasteiger partial charge in [-0.05, 0) is 25.5 Å². The summed E-state index contributed by atoms with van der Waals surface area (Å²) in [5, 5.41) is 0. The van der Waals surface area contributed by atoms with Gasteiger partial charge in [0.2, 0.25) is 0 Å². The van der Waals surface area contributed by atoms with Gasteiger partial charge in [0, 0.05) is 13.6 Å². The quantitative estimate of drug-likeness (QED) is 0.585. The number of hydrogen-bond donors (Lipinski definition) is 0. The lowest BCUT2D eigenvalue weighted by atomic mass is 10.2. The normalized spacial score (nSPS) is 9.79. The van der Waals surface area contributed by atoms with Gasteiger partial charge in [0.05, 0.1) is 18.8 Å². The van der Waals surface area contributed by atoms with Crippen molar-refractivity contribution < 1.29 is 19.1 Å². The Balaban J connectivity index is 2.21. The Morgan fingerprint density at radius 1 is 1.16 bits per heavy atom. The third-order valence-corrected chi connectivity index (χ3v) is 2.46. The van der Waals surface area contributed by atoms with Crippen LogP contribution in [0.3, 0.4) is 0 Å². The Hall–Kier alpha value is -2.04. The van der Waals surface area contributed by atoms with Crippen LogP contribution in [0.5, 0.6) is 0 Å². The second-order valence-electron chi connectivity index (χ2n) is 3.98. The van der Waals surface area contributed by atoms with Gasteiger partial charge in [0.15, 0.2) is 0 Å². The first kappa shape index (κ1) is 15.0. The van der Waals surface area contributed by atoms with Crippen LogP contribution in [-0.4, -0.2) is 43.8 Å². The van der Waals surface area contributed by atoms with E-state index in [1.807, 2.05) is 6.07 Å². The third-order valence-electron chi connectivity index (χ3n) is 2.46. The van der Waals surface area contributed by atoms with E-state index in [0.717, 1.165) is 0 Å². The number of ether oxygens (including phenoxy) is 2.